The molecule has 3 aromatic rings. The van der Waals surface area contributed by atoms with E-state index in [-0.39, 0.29) is 22.4 Å². The molecule has 2 aromatic carbocycles. The van der Waals surface area contributed by atoms with Crippen molar-refractivity contribution >= 4 is 38.6 Å². The van der Waals surface area contributed by atoms with Crippen LogP contribution in [0.25, 0.3) is 10.9 Å². The molecule has 2 bridgehead atoms. The zero-order chi connectivity index (χ0) is 27.0. The van der Waals surface area contributed by atoms with Crippen molar-refractivity contribution in [3.63, 3.8) is 0 Å². The maximum absolute atomic E-state index is 13.4. The molecule has 5 atom stereocenters. The van der Waals surface area contributed by atoms with E-state index in [4.69, 9.17) is 10.1 Å². The molecule has 10 heteroatoms. The molecule has 0 radical (unpaired) electrons. The van der Waals surface area contributed by atoms with Crippen LogP contribution >= 0.6 is 11.8 Å². The molecular formula is C28H34N4O4S2. The van der Waals surface area contributed by atoms with Crippen LogP contribution in [-0.2, 0) is 27.8 Å². The highest BCUT2D eigenvalue weighted by Crippen LogP contribution is 2.49. The molecule has 2 aliphatic carbocycles. The van der Waals surface area contributed by atoms with E-state index in [1.165, 1.54) is 49.6 Å². The van der Waals surface area contributed by atoms with Crippen LogP contribution in [-0.4, -0.2) is 35.2 Å². The fraction of sp³-hybridized carbons (Fsp3) is 0.464. The Labute approximate surface area is 227 Å². The van der Waals surface area contributed by atoms with Crippen LogP contribution in [0, 0.1) is 17.8 Å². The van der Waals surface area contributed by atoms with E-state index in [1.807, 2.05) is 19.1 Å². The Morgan fingerprint density at radius 2 is 1.87 bits per heavy atom. The fourth-order valence-corrected chi connectivity index (χ4v) is 7.55. The minimum Gasteiger partial charge on any atom is -0.352 e. The van der Waals surface area contributed by atoms with E-state index in [2.05, 4.69) is 12.2 Å². The third-order valence-electron chi connectivity index (χ3n) is 8.16. The summed E-state index contributed by atoms with van der Waals surface area (Å²) in [4.78, 5) is 31.4. The highest BCUT2D eigenvalue weighted by atomic mass is 32.2. The summed E-state index contributed by atoms with van der Waals surface area (Å²) in [5.41, 5.74) is 1.29. The first-order valence-corrected chi connectivity index (χ1v) is 15.6. The van der Waals surface area contributed by atoms with E-state index in [0.717, 1.165) is 17.4 Å². The average Bonchev–Trinajstić information content (AvgIpc) is 3.52. The van der Waals surface area contributed by atoms with Crippen molar-refractivity contribution in [1.82, 2.24) is 14.9 Å². The van der Waals surface area contributed by atoms with Crippen LogP contribution in [0.4, 0.5) is 0 Å². The molecule has 0 spiro atoms. The van der Waals surface area contributed by atoms with Crippen LogP contribution in [0.1, 0.15) is 45.1 Å². The van der Waals surface area contributed by atoms with Gasteiger partial charge in [-0.1, -0.05) is 42.4 Å². The lowest BCUT2D eigenvalue weighted by Crippen LogP contribution is -2.43. The van der Waals surface area contributed by atoms with Crippen molar-refractivity contribution in [3.8, 4) is 0 Å². The summed E-state index contributed by atoms with van der Waals surface area (Å²) in [5, 5.41) is 9.02. The maximum atomic E-state index is 13.4. The molecule has 2 saturated carbocycles. The topological polar surface area (TPSA) is 124 Å². The molecule has 1 amide bonds. The molecule has 1 heterocycles. The summed E-state index contributed by atoms with van der Waals surface area (Å²) in [6, 6.07) is 13.7. The van der Waals surface area contributed by atoms with Crippen molar-refractivity contribution in [2.45, 2.75) is 73.8 Å². The molecule has 202 valence electrons. The number of carbonyl (C=O) groups excluding carboxylic acids is 1. The number of hydrogen-bond acceptors (Lipinski definition) is 6. The number of benzene rings is 2. The van der Waals surface area contributed by atoms with Gasteiger partial charge in [0.1, 0.15) is 0 Å². The SMILES string of the molecule is C[C@H](NC(=O)[C@@H](C)Sc1nc2ccccc2c(=O)n1CCc1ccc(S(N)(=O)=O)cc1)[C@@H]1C[C@@H]2CC[C@@H]1C2. The zero-order valence-electron chi connectivity index (χ0n) is 21.7. The van der Waals surface area contributed by atoms with E-state index in [0.29, 0.717) is 34.9 Å². The largest absolute Gasteiger partial charge is 0.352 e. The van der Waals surface area contributed by atoms with Gasteiger partial charge in [0.05, 0.1) is 21.0 Å². The third-order valence-corrected chi connectivity index (χ3v) is 10.2. The molecule has 2 fully saturated rings. The number of para-hydroxylation sites is 1. The minimum absolute atomic E-state index is 0.0431. The highest BCUT2D eigenvalue weighted by molar-refractivity contribution is 8.00. The van der Waals surface area contributed by atoms with Gasteiger partial charge in [-0.15, -0.1) is 0 Å². The monoisotopic (exact) mass is 554 g/mol. The number of rotatable bonds is 9. The van der Waals surface area contributed by atoms with E-state index >= 15 is 0 Å². The van der Waals surface area contributed by atoms with Gasteiger partial charge < -0.3 is 5.32 Å². The first-order valence-electron chi connectivity index (χ1n) is 13.2. The summed E-state index contributed by atoms with van der Waals surface area (Å²) >= 11 is 1.29. The normalized spacial score (nSPS) is 22.4. The van der Waals surface area contributed by atoms with Crippen molar-refractivity contribution in [2.24, 2.45) is 22.9 Å². The van der Waals surface area contributed by atoms with Crippen molar-refractivity contribution < 1.29 is 13.2 Å². The summed E-state index contributed by atoms with van der Waals surface area (Å²) in [6.45, 7) is 4.31. The molecule has 0 saturated heterocycles. The second kappa shape index (κ2) is 10.8. The Balaban J connectivity index is 1.33. The van der Waals surface area contributed by atoms with Gasteiger partial charge in [0.25, 0.3) is 5.56 Å². The number of nitrogens with zero attached hydrogens (tertiary/aromatic N) is 2. The van der Waals surface area contributed by atoms with Gasteiger partial charge in [0.15, 0.2) is 5.16 Å². The van der Waals surface area contributed by atoms with Crippen molar-refractivity contribution in [2.75, 3.05) is 0 Å². The molecule has 8 nitrogen and oxygen atoms in total. The smallest absolute Gasteiger partial charge is 0.262 e. The Bertz CT molecular complexity index is 1500. The second-order valence-electron chi connectivity index (χ2n) is 10.7. The zero-order valence-corrected chi connectivity index (χ0v) is 23.3. The average molecular weight is 555 g/mol. The number of aromatic nitrogens is 2. The van der Waals surface area contributed by atoms with Crippen LogP contribution < -0.4 is 16.0 Å². The number of carbonyl (C=O) groups is 1. The summed E-state index contributed by atoms with van der Waals surface area (Å²) in [5.74, 6) is 2.05. The standard InChI is InChI=1S/C28H34N4O4S2/c1-17(24-16-20-7-10-21(24)15-20)30-26(33)18(2)37-28-31-25-6-4-3-5-23(25)27(34)32(28)14-13-19-8-11-22(12-9-19)38(29,35)36/h3-6,8-9,11-12,17-18,20-21,24H,7,10,13-16H2,1-2H3,(H,30,33)(H2,29,35,36)/t17-,18+,20+,21+,24-/m0/s1. The summed E-state index contributed by atoms with van der Waals surface area (Å²) < 4.78 is 24.7. The van der Waals surface area contributed by atoms with E-state index < -0.39 is 15.3 Å². The van der Waals surface area contributed by atoms with Gasteiger partial charge in [0, 0.05) is 12.6 Å². The quantitative estimate of drug-likeness (QED) is 0.307. The van der Waals surface area contributed by atoms with Gasteiger partial charge in [-0.25, -0.2) is 18.5 Å². The number of sulfonamides is 1. The summed E-state index contributed by atoms with van der Waals surface area (Å²) in [7, 11) is -3.77. The molecule has 1 aromatic heterocycles. The predicted octanol–water partition coefficient (Wildman–Crippen LogP) is 3.71. The number of fused-ring (bicyclic) bond motifs is 3. The van der Waals surface area contributed by atoms with Gasteiger partial charge in [0.2, 0.25) is 15.9 Å². The molecule has 5 rings (SSSR count). The van der Waals surface area contributed by atoms with Crippen LogP contribution in [0.5, 0.6) is 0 Å². The fourth-order valence-electron chi connectivity index (χ4n) is 6.09. The van der Waals surface area contributed by atoms with Crippen LogP contribution in [0.15, 0.2) is 63.4 Å². The first-order chi connectivity index (χ1) is 18.1. The number of aryl methyl sites for hydroxylation is 1. The molecule has 0 unspecified atom stereocenters. The molecule has 2 aliphatic rings. The second-order valence-corrected chi connectivity index (χ2v) is 13.6. The van der Waals surface area contributed by atoms with Crippen molar-refractivity contribution in [3.05, 3.63) is 64.4 Å². The minimum atomic E-state index is -3.77. The third kappa shape index (κ3) is 5.67. The van der Waals surface area contributed by atoms with Crippen LogP contribution in [0.3, 0.4) is 0 Å². The number of primary sulfonamides is 1. The van der Waals surface area contributed by atoms with Crippen LogP contribution in [0.2, 0.25) is 0 Å². The van der Waals surface area contributed by atoms with E-state index in [9.17, 15) is 18.0 Å². The number of thioether (sulfide) groups is 1. The van der Waals surface area contributed by atoms with Gasteiger partial charge in [-0.3, -0.25) is 14.2 Å². The molecule has 0 aliphatic heterocycles. The van der Waals surface area contributed by atoms with E-state index in [1.54, 1.807) is 28.8 Å². The molecule has 3 N–H and O–H groups in total. The first kappa shape index (κ1) is 26.9. The van der Waals surface area contributed by atoms with Gasteiger partial charge >= 0.3 is 0 Å². The predicted molar refractivity (Wildman–Crippen MR) is 149 cm³/mol. The van der Waals surface area contributed by atoms with Gasteiger partial charge in [-0.05, 0) is 87.1 Å². The maximum Gasteiger partial charge on any atom is 0.262 e. The number of nitrogens with two attached hydrogens (primary N) is 1. The molecular weight excluding hydrogens is 520 g/mol. The molecule has 38 heavy (non-hydrogen) atoms. The summed E-state index contributed by atoms with van der Waals surface area (Å²) in [6.07, 6.45) is 5.60. The lowest BCUT2D eigenvalue weighted by Gasteiger charge is -2.29. The lowest BCUT2D eigenvalue weighted by molar-refractivity contribution is -0.121. The Hall–Kier alpha value is -2.69. The number of amides is 1. The lowest BCUT2D eigenvalue weighted by atomic mass is 9.84. The number of hydrogen-bond donors (Lipinski definition) is 2. The van der Waals surface area contributed by atoms with Gasteiger partial charge in [-0.2, -0.15) is 0 Å². The Kier molecular flexibility index (Phi) is 7.66. The Morgan fingerprint density at radius 3 is 2.53 bits per heavy atom. The number of nitrogens with one attached hydrogen (secondary N) is 1. The van der Waals surface area contributed by atoms with Crippen molar-refractivity contribution in [1.29, 1.82) is 0 Å². The highest BCUT2D eigenvalue weighted by Gasteiger charge is 2.42. The Morgan fingerprint density at radius 1 is 1.13 bits per heavy atom.